The van der Waals surface area contributed by atoms with Crippen LogP contribution in [0.1, 0.15) is 28.2 Å². The fourth-order valence-corrected chi connectivity index (χ4v) is 2.56. The van der Waals surface area contributed by atoms with E-state index in [0.717, 1.165) is 28.9 Å². The van der Waals surface area contributed by atoms with E-state index in [2.05, 4.69) is 39.4 Å². The first-order chi connectivity index (χ1) is 10.2. The molecule has 0 saturated carbocycles. The maximum absolute atomic E-state index is 4.56. The smallest absolute Gasteiger partial charge is 0.191 e. The first-order valence-electron chi connectivity index (χ1n) is 7.03. The highest BCUT2D eigenvalue weighted by atomic mass is 32.1. The molecule has 2 aromatic rings. The molecule has 5 nitrogen and oxygen atoms in total. The number of aliphatic imine (C=N–C) groups is 1. The first kappa shape index (κ1) is 15.4. The number of nitrogens with zero attached hydrogens (tertiary/aromatic N) is 3. The third-order valence-corrected chi connectivity index (χ3v) is 3.68. The highest BCUT2D eigenvalue weighted by molar-refractivity contribution is 7.11. The molecule has 0 saturated heterocycles. The van der Waals surface area contributed by atoms with Crippen molar-refractivity contribution in [2.45, 2.75) is 33.9 Å². The normalized spacial score (nSPS) is 11.5. The standard InChI is InChI=1S/C15H21N5S/c1-4-16-15(19-10-14-17-8-12(3)21-14)18-9-13-7-5-6-11(2)20-13/h5-8H,4,9-10H2,1-3H3,(H2,16,18,19). The van der Waals surface area contributed by atoms with Crippen molar-refractivity contribution in [1.29, 1.82) is 0 Å². The zero-order chi connectivity index (χ0) is 15.1. The molecule has 0 aliphatic carbocycles. The van der Waals surface area contributed by atoms with Crippen molar-refractivity contribution in [3.63, 3.8) is 0 Å². The van der Waals surface area contributed by atoms with Crippen LogP contribution in [-0.4, -0.2) is 22.5 Å². The molecule has 21 heavy (non-hydrogen) atoms. The van der Waals surface area contributed by atoms with Gasteiger partial charge in [-0.2, -0.15) is 0 Å². The fourth-order valence-electron chi connectivity index (χ4n) is 1.83. The lowest BCUT2D eigenvalue weighted by atomic mass is 10.3. The maximum atomic E-state index is 4.56. The minimum Gasteiger partial charge on any atom is -0.357 e. The van der Waals surface area contributed by atoms with E-state index in [0.29, 0.717) is 13.1 Å². The molecule has 0 bridgehead atoms. The SMILES string of the molecule is CCNC(=NCc1cccc(C)n1)NCc1ncc(C)s1. The van der Waals surface area contributed by atoms with E-state index in [1.807, 2.05) is 31.3 Å². The molecule has 0 amide bonds. The molecular formula is C15H21N5S. The third kappa shape index (κ3) is 5.15. The average molecular weight is 303 g/mol. The van der Waals surface area contributed by atoms with Gasteiger partial charge in [-0.3, -0.25) is 4.98 Å². The fraction of sp³-hybridized carbons (Fsp3) is 0.400. The van der Waals surface area contributed by atoms with Gasteiger partial charge in [0.05, 0.1) is 18.8 Å². The first-order valence-corrected chi connectivity index (χ1v) is 7.85. The van der Waals surface area contributed by atoms with Gasteiger partial charge in [0.1, 0.15) is 5.01 Å². The minimum atomic E-state index is 0.563. The maximum Gasteiger partial charge on any atom is 0.191 e. The number of hydrogen-bond acceptors (Lipinski definition) is 4. The number of hydrogen-bond donors (Lipinski definition) is 2. The molecule has 2 heterocycles. The molecule has 0 unspecified atom stereocenters. The molecule has 2 aromatic heterocycles. The molecule has 112 valence electrons. The van der Waals surface area contributed by atoms with Crippen LogP contribution in [0.5, 0.6) is 0 Å². The Labute approximate surface area is 129 Å². The Bertz CT molecular complexity index is 606. The third-order valence-electron chi connectivity index (χ3n) is 2.77. The molecule has 6 heteroatoms. The molecule has 0 atom stereocenters. The number of thiazole rings is 1. The lowest BCUT2D eigenvalue weighted by Crippen LogP contribution is -2.36. The molecule has 2 N–H and O–H groups in total. The van der Waals surface area contributed by atoms with Crippen molar-refractivity contribution >= 4 is 17.3 Å². The molecule has 0 spiro atoms. The predicted octanol–water partition coefficient (Wildman–Crippen LogP) is 2.41. The van der Waals surface area contributed by atoms with Crippen molar-refractivity contribution in [3.05, 3.63) is 45.7 Å². The second-order valence-electron chi connectivity index (χ2n) is 4.68. The van der Waals surface area contributed by atoms with Crippen LogP contribution in [0.25, 0.3) is 0 Å². The Hall–Kier alpha value is -1.95. The van der Waals surface area contributed by atoms with Crippen LogP contribution in [0.15, 0.2) is 29.4 Å². The lowest BCUT2D eigenvalue weighted by molar-refractivity contribution is 0.807. The van der Waals surface area contributed by atoms with Crippen LogP contribution in [-0.2, 0) is 13.1 Å². The second kappa shape index (κ2) is 7.73. The summed E-state index contributed by atoms with van der Waals surface area (Å²) in [4.78, 5) is 14.6. The molecule has 0 aliphatic heterocycles. The Morgan fingerprint density at radius 1 is 1.29 bits per heavy atom. The van der Waals surface area contributed by atoms with Crippen molar-refractivity contribution in [1.82, 2.24) is 20.6 Å². The Kier molecular flexibility index (Phi) is 5.68. The Morgan fingerprint density at radius 3 is 2.81 bits per heavy atom. The van der Waals surface area contributed by atoms with E-state index in [-0.39, 0.29) is 0 Å². The van der Waals surface area contributed by atoms with Gasteiger partial charge in [-0.1, -0.05) is 6.07 Å². The second-order valence-corrected chi connectivity index (χ2v) is 6.00. The van der Waals surface area contributed by atoms with Crippen molar-refractivity contribution in [2.24, 2.45) is 4.99 Å². The zero-order valence-electron chi connectivity index (χ0n) is 12.7. The summed E-state index contributed by atoms with van der Waals surface area (Å²) in [6.07, 6.45) is 1.89. The molecule has 2 rings (SSSR count). The highest BCUT2D eigenvalue weighted by Gasteiger charge is 2.02. The van der Waals surface area contributed by atoms with Gasteiger partial charge < -0.3 is 10.6 Å². The summed E-state index contributed by atoms with van der Waals surface area (Å²) in [5.41, 5.74) is 1.98. The predicted molar refractivity (Wildman–Crippen MR) is 87.5 cm³/mol. The van der Waals surface area contributed by atoms with E-state index in [1.54, 1.807) is 11.3 Å². The van der Waals surface area contributed by atoms with Crippen LogP contribution < -0.4 is 10.6 Å². The Balaban J connectivity index is 1.95. The van der Waals surface area contributed by atoms with E-state index < -0.39 is 0 Å². The monoisotopic (exact) mass is 303 g/mol. The van der Waals surface area contributed by atoms with Gasteiger partial charge in [-0.05, 0) is 32.9 Å². The van der Waals surface area contributed by atoms with Gasteiger partial charge in [0, 0.05) is 23.3 Å². The summed E-state index contributed by atoms with van der Waals surface area (Å²) in [6, 6.07) is 5.98. The van der Waals surface area contributed by atoms with Crippen LogP contribution in [0.3, 0.4) is 0 Å². The van der Waals surface area contributed by atoms with E-state index in [9.17, 15) is 0 Å². The minimum absolute atomic E-state index is 0.563. The van der Waals surface area contributed by atoms with E-state index in [4.69, 9.17) is 0 Å². The quantitative estimate of drug-likeness (QED) is 0.658. The lowest BCUT2D eigenvalue weighted by Gasteiger charge is -2.10. The zero-order valence-corrected chi connectivity index (χ0v) is 13.5. The summed E-state index contributed by atoms with van der Waals surface area (Å²) in [6.45, 7) is 8.17. The average Bonchev–Trinajstić information content (AvgIpc) is 2.88. The molecule has 0 fully saturated rings. The number of aryl methyl sites for hydroxylation is 2. The summed E-state index contributed by atoms with van der Waals surface area (Å²) in [5, 5.41) is 7.59. The summed E-state index contributed by atoms with van der Waals surface area (Å²) in [5.74, 6) is 0.786. The number of guanidine groups is 1. The van der Waals surface area contributed by atoms with Crippen LogP contribution in [0.4, 0.5) is 0 Å². The molecule has 0 radical (unpaired) electrons. The highest BCUT2D eigenvalue weighted by Crippen LogP contribution is 2.10. The number of rotatable bonds is 5. The van der Waals surface area contributed by atoms with Crippen LogP contribution >= 0.6 is 11.3 Å². The van der Waals surface area contributed by atoms with Gasteiger partial charge in [-0.25, -0.2) is 9.98 Å². The van der Waals surface area contributed by atoms with Gasteiger partial charge in [0.25, 0.3) is 0 Å². The Morgan fingerprint density at radius 2 is 2.14 bits per heavy atom. The topological polar surface area (TPSA) is 62.2 Å². The van der Waals surface area contributed by atoms with E-state index >= 15 is 0 Å². The van der Waals surface area contributed by atoms with Crippen LogP contribution in [0.2, 0.25) is 0 Å². The van der Waals surface area contributed by atoms with E-state index in [1.165, 1.54) is 4.88 Å². The summed E-state index contributed by atoms with van der Waals surface area (Å²) in [7, 11) is 0. The van der Waals surface area contributed by atoms with Crippen LogP contribution in [0, 0.1) is 13.8 Å². The number of aromatic nitrogens is 2. The van der Waals surface area contributed by atoms with Crippen molar-refractivity contribution < 1.29 is 0 Å². The molecular weight excluding hydrogens is 282 g/mol. The summed E-state index contributed by atoms with van der Waals surface area (Å²) >= 11 is 1.70. The van der Waals surface area contributed by atoms with Crippen molar-refractivity contribution in [3.8, 4) is 0 Å². The van der Waals surface area contributed by atoms with Gasteiger partial charge in [-0.15, -0.1) is 11.3 Å². The molecule has 0 aliphatic rings. The van der Waals surface area contributed by atoms with Crippen molar-refractivity contribution in [2.75, 3.05) is 6.54 Å². The largest absolute Gasteiger partial charge is 0.357 e. The van der Waals surface area contributed by atoms with Gasteiger partial charge in [0.15, 0.2) is 5.96 Å². The molecule has 0 aromatic carbocycles. The van der Waals surface area contributed by atoms with Gasteiger partial charge >= 0.3 is 0 Å². The number of nitrogens with one attached hydrogen (secondary N) is 2. The summed E-state index contributed by atoms with van der Waals surface area (Å²) < 4.78 is 0. The number of pyridine rings is 1. The van der Waals surface area contributed by atoms with Gasteiger partial charge in [0.2, 0.25) is 0 Å².